The van der Waals surface area contributed by atoms with E-state index in [1.54, 1.807) is 25.3 Å². The van der Waals surface area contributed by atoms with Crippen molar-refractivity contribution in [2.24, 2.45) is 5.41 Å². The molecule has 4 heteroatoms. The number of benzene rings is 1. The number of hydrogen-bond acceptors (Lipinski definition) is 2. The van der Waals surface area contributed by atoms with Crippen molar-refractivity contribution in [3.8, 4) is 5.75 Å². The molecular weight excluding hydrogens is 330 g/mol. The van der Waals surface area contributed by atoms with Gasteiger partial charge in [0.15, 0.2) is 0 Å². The summed E-state index contributed by atoms with van der Waals surface area (Å²) < 4.78 is 5.96. The molecule has 0 spiro atoms. The fourth-order valence-corrected chi connectivity index (χ4v) is 2.71. The maximum atomic E-state index is 12.2. The quantitative estimate of drug-likeness (QED) is 0.680. The Morgan fingerprint density at radius 2 is 2.05 bits per heavy atom. The van der Waals surface area contributed by atoms with Gasteiger partial charge >= 0.3 is 0 Å². The molecule has 0 radical (unpaired) electrons. The van der Waals surface area contributed by atoms with Gasteiger partial charge in [0.25, 0.3) is 5.91 Å². The summed E-state index contributed by atoms with van der Waals surface area (Å²) in [6, 6.07) is 5.37. The molecule has 0 atom stereocenters. The maximum absolute atomic E-state index is 12.2. The highest BCUT2D eigenvalue weighted by Gasteiger charge is 2.19. The van der Waals surface area contributed by atoms with Crippen molar-refractivity contribution in [2.45, 2.75) is 46.5 Å². The zero-order chi connectivity index (χ0) is 15.9. The molecule has 0 aliphatic heterocycles. The Hall–Kier alpha value is -1.03. The summed E-state index contributed by atoms with van der Waals surface area (Å²) in [5.41, 5.74) is 0.779. The lowest BCUT2D eigenvalue weighted by Gasteiger charge is -2.25. The number of halogens is 1. The minimum Gasteiger partial charge on any atom is -0.496 e. The van der Waals surface area contributed by atoms with Gasteiger partial charge in [0.1, 0.15) is 5.75 Å². The number of carbonyl (C=O) groups is 1. The fourth-order valence-electron chi connectivity index (χ4n) is 2.17. The van der Waals surface area contributed by atoms with E-state index in [1.165, 1.54) is 19.3 Å². The van der Waals surface area contributed by atoms with Crippen LogP contribution in [0.15, 0.2) is 22.7 Å². The van der Waals surface area contributed by atoms with Gasteiger partial charge in [-0.15, -0.1) is 0 Å². The summed E-state index contributed by atoms with van der Waals surface area (Å²) in [4.78, 5) is 12.2. The number of unbranched alkanes of at least 4 members (excludes halogenated alkanes) is 2. The number of nitrogens with one attached hydrogen (secondary N) is 1. The molecule has 21 heavy (non-hydrogen) atoms. The lowest BCUT2D eigenvalue weighted by molar-refractivity contribution is 0.0934. The average Bonchev–Trinajstić information content (AvgIpc) is 2.45. The smallest absolute Gasteiger partial charge is 0.251 e. The van der Waals surface area contributed by atoms with Crippen molar-refractivity contribution < 1.29 is 9.53 Å². The van der Waals surface area contributed by atoms with Crippen LogP contribution in [0, 0.1) is 5.41 Å². The Balaban J connectivity index is 2.55. The molecular formula is C17H26BrNO2. The first kappa shape index (κ1) is 18.0. The first-order valence-electron chi connectivity index (χ1n) is 7.51. The molecule has 0 saturated heterocycles. The van der Waals surface area contributed by atoms with Gasteiger partial charge in [0.05, 0.1) is 11.6 Å². The van der Waals surface area contributed by atoms with Crippen molar-refractivity contribution in [3.05, 3.63) is 28.2 Å². The third-order valence-electron chi connectivity index (χ3n) is 3.60. The maximum Gasteiger partial charge on any atom is 0.251 e. The highest BCUT2D eigenvalue weighted by molar-refractivity contribution is 9.10. The van der Waals surface area contributed by atoms with E-state index >= 15 is 0 Å². The predicted molar refractivity (Wildman–Crippen MR) is 91.0 cm³/mol. The summed E-state index contributed by atoms with van der Waals surface area (Å²) in [6.45, 7) is 7.30. The van der Waals surface area contributed by atoms with Gasteiger partial charge < -0.3 is 10.1 Å². The van der Waals surface area contributed by atoms with Gasteiger partial charge in [-0.2, -0.15) is 0 Å². The average molecular weight is 356 g/mol. The Kier molecular flexibility index (Phi) is 7.23. The molecule has 0 bridgehead atoms. The standard InChI is InChI=1S/C17H26BrNO2/c1-5-6-7-10-17(2,3)12-19-16(20)13-8-9-15(21-4)14(18)11-13/h8-9,11H,5-7,10,12H2,1-4H3,(H,19,20). The molecule has 0 aliphatic rings. The first-order chi connectivity index (χ1) is 9.89. The highest BCUT2D eigenvalue weighted by Crippen LogP contribution is 2.26. The van der Waals surface area contributed by atoms with Crippen molar-refractivity contribution in [2.75, 3.05) is 13.7 Å². The highest BCUT2D eigenvalue weighted by atomic mass is 79.9. The summed E-state index contributed by atoms with van der Waals surface area (Å²) >= 11 is 3.40. The molecule has 3 nitrogen and oxygen atoms in total. The van der Waals surface area contributed by atoms with Crippen LogP contribution in [0.4, 0.5) is 0 Å². The Morgan fingerprint density at radius 1 is 1.33 bits per heavy atom. The lowest BCUT2D eigenvalue weighted by Crippen LogP contribution is -2.34. The van der Waals surface area contributed by atoms with Crippen LogP contribution in [0.2, 0.25) is 0 Å². The minimum atomic E-state index is -0.0399. The topological polar surface area (TPSA) is 38.3 Å². The van der Waals surface area contributed by atoms with E-state index < -0.39 is 0 Å². The fraction of sp³-hybridized carbons (Fsp3) is 0.588. The van der Waals surface area contributed by atoms with Gasteiger partial charge in [-0.3, -0.25) is 4.79 Å². The van der Waals surface area contributed by atoms with Crippen LogP contribution in [0.5, 0.6) is 5.75 Å². The largest absolute Gasteiger partial charge is 0.496 e. The number of carbonyl (C=O) groups excluding carboxylic acids is 1. The van der Waals surface area contributed by atoms with Crippen LogP contribution >= 0.6 is 15.9 Å². The van der Waals surface area contributed by atoms with Crippen LogP contribution < -0.4 is 10.1 Å². The number of ether oxygens (including phenoxy) is 1. The van der Waals surface area contributed by atoms with Crippen LogP contribution in [0.3, 0.4) is 0 Å². The van der Waals surface area contributed by atoms with E-state index in [2.05, 4.69) is 42.0 Å². The molecule has 0 heterocycles. The molecule has 1 aromatic carbocycles. The minimum absolute atomic E-state index is 0.0399. The predicted octanol–water partition coefficient (Wildman–Crippen LogP) is 4.79. The molecule has 0 unspecified atom stereocenters. The van der Waals surface area contributed by atoms with E-state index in [0.29, 0.717) is 12.1 Å². The number of methoxy groups -OCH3 is 1. The van der Waals surface area contributed by atoms with E-state index in [0.717, 1.165) is 16.6 Å². The molecule has 1 aromatic rings. The second-order valence-electron chi connectivity index (χ2n) is 6.15. The van der Waals surface area contributed by atoms with Crippen LogP contribution in [0.25, 0.3) is 0 Å². The SMILES string of the molecule is CCCCCC(C)(C)CNC(=O)c1ccc(OC)c(Br)c1. The van der Waals surface area contributed by atoms with E-state index in [9.17, 15) is 4.79 Å². The summed E-state index contributed by atoms with van der Waals surface area (Å²) in [7, 11) is 1.61. The zero-order valence-electron chi connectivity index (χ0n) is 13.5. The van der Waals surface area contributed by atoms with E-state index in [4.69, 9.17) is 4.74 Å². The van der Waals surface area contributed by atoms with Gasteiger partial charge in [-0.1, -0.05) is 40.0 Å². The monoisotopic (exact) mass is 355 g/mol. The molecule has 1 rings (SSSR count). The molecule has 0 aliphatic carbocycles. The third-order valence-corrected chi connectivity index (χ3v) is 4.22. The Morgan fingerprint density at radius 3 is 2.62 bits per heavy atom. The Labute approximate surface area is 136 Å². The Bertz CT molecular complexity index is 472. The normalized spacial score (nSPS) is 11.3. The molecule has 1 N–H and O–H groups in total. The van der Waals surface area contributed by atoms with Gasteiger partial charge in [-0.25, -0.2) is 0 Å². The van der Waals surface area contributed by atoms with Gasteiger partial charge in [-0.05, 0) is 46.0 Å². The van der Waals surface area contributed by atoms with E-state index in [-0.39, 0.29) is 11.3 Å². The second kappa shape index (κ2) is 8.42. The summed E-state index contributed by atoms with van der Waals surface area (Å²) in [5.74, 6) is 0.688. The first-order valence-corrected chi connectivity index (χ1v) is 8.30. The van der Waals surface area contributed by atoms with Crippen molar-refractivity contribution in [1.82, 2.24) is 5.32 Å². The summed E-state index contributed by atoms with van der Waals surface area (Å²) in [5, 5.41) is 3.03. The zero-order valence-corrected chi connectivity index (χ0v) is 15.0. The number of hydrogen-bond donors (Lipinski definition) is 1. The van der Waals surface area contributed by atoms with Crippen LogP contribution in [-0.4, -0.2) is 19.6 Å². The van der Waals surface area contributed by atoms with Crippen LogP contribution in [0.1, 0.15) is 56.8 Å². The molecule has 0 aromatic heterocycles. The number of amides is 1. The van der Waals surface area contributed by atoms with Gasteiger partial charge in [0, 0.05) is 12.1 Å². The molecule has 0 saturated carbocycles. The van der Waals surface area contributed by atoms with Crippen LogP contribution in [-0.2, 0) is 0 Å². The van der Waals surface area contributed by atoms with Crippen molar-refractivity contribution >= 4 is 21.8 Å². The lowest BCUT2D eigenvalue weighted by atomic mass is 9.87. The summed E-state index contributed by atoms with van der Waals surface area (Å²) in [6.07, 6.45) is 4.83. The van der Waals surface area contributed by atoms with Crippen molar-refractivity contribution in [3.63, 3.8) is 0 Å². The molecule has 1 amide bonds. The molecule has 0 fully saturated rings. The second-order valence-corrected chi connectivity index (χ2v) is 7.01. The molecule has 118 valence electrons. The van der Waals surface area contributed by atoms with Gasteiger partial charge in [0.2, 0.25) is 0 Å². The van der Waals surface area contributed by atoms with Crippen molar-refractivity contribution in [1.29, 1.82) is 0 Å². The number of rotatable bonds is 8. The third kappa shape index (κ3) is 6.08. The van der Waals surface area contributed by atoms with E-state index in [1.807, 2.05) is 0 Å².